The first-order valence-electron chi connectivity index (χ1n) is 7.50. The maximum Gasteiger partial charge on any atom is 0.308 e. The van der Waals surface area contributed by atoms with Crippen LogP contribution in [0.5, 0.6) is 11.5 Å². The van der Waals surface area contributed by atoms with Gasteiger partial charge in [0.2, 0.25) is 0 Å². The Labute approximate surface area is 135 Å². The number of methoxy groups -OCH3 is 1. The molecule has 1 saturated heterocycles. The number of piperidine rings is 1. The van der Waals surface area contributed by atoms with E-state index >= 15 is 0 Å². The van der Waals surface area contributed by atoms with E-state index in [0.29, 0.717) is 36.4 Å². The summed E-state index contributed by atoms with van der Waals surface area (Å²) in [4.78, 5) is 25.5. The highest BCUT2D eigenvalue weighted by atomic mass is 16.5. The van der Waals surface area contributed by atoms with Crippen LogP contribution < -0.4 is 9.47 Å². The van der Waals surface area contributed by atoms with Crippen LogP contribution in [0.3, 0.4) is 0 Å². The topological polar surface area (TPSA) is 76.1 Å². The first kappa shape index (κ1) is 16.9. The summed E-state index contributed by atoms with van der Waals surface area (Å²) in [5.41, 5.74) is 0.402. The minimum Gasteiger partial charge on any atom is -0.497 e. The molecule has 1 fully saturated rings. The Hall–Kier alpha value is -2.50. The van der Waals surface area contributed by atoms with Gasteiger partial charge in [0.1, 0.15) is 18.1 Å². The third-order valence-electron chi connectivity index (χ3n) is 3.83. The van der Waals surface area contributed by atoms with Crippen LogP contribution in [0, 0.1) is 5.92 Å². The van der Waals surface area contributed by atoms with Crippen molar-refractivity contribution in [3.05, 3.63) is 36.4 Å². The van der Waals surface area contributed by atoms with Crippen molar-refractivity contribution in [3.63, 3.8) is 0 Å². The molecule has 1 aromatic rings. The highest BCUT2D eigenvalue weighted by Crippen LogP contribution is 2.28. The zero-order valence-corrected chi connectivity index (χ0v) is 13.2. The lowest BCUT2D eigenvalue weighted by molar-refractivity contribution is -0.143. The number of benzene rings is 1. The van der Waals surface area contributed by atoms with E-state index in [1.165, 1.54) is 7.11 Å². The molecule has 0 radical (unpaired) electrons. The van der Waals surface area contributed by atoms with Crippen LogP contribution in [0.15, 0.2) is 30.9 Å². The standard InChI is InChI=1S/C17H21NO5/c1-3-9-23-15-10-13(22-2)6-7-14(15)16(19)18-8-4-5-12(11-18)17(20)21/h3,6-7,10,12H,1,4-5,8-9,11H2,2H3,(H,20,21). The second-order valence-corrected chi connectivity index (χ2v) is 5.39. The largest absolute Gasteiger partial charge is 0.497 e. The summed E-state index contributed by atoms with van der Waals surface area (Å²) in [5, 5.41) is 9.16. The minimum atomic E-state index is -0.861. The monoisotopic (exact) mass is 319 g/mol. The molecule has 0 spiro atoms. The highest BCUT2D eigenvalue weighted by Gasteiger charge is 2.29. The Bertz CT molecular complexity index is 599. The van der Waals surface area contributed by atoms with Crippen molar-refractivity contribution in [3.8, 4) is 11.5 Å². The SMILES string of the molecule is C=CCOc1cc(OC)ccc1C(=O)N1CCCC(C(=O)O)C1. The average Bonchev–Trinajstić information content (AvgIpc) is 2.59. The summed E-state index contributed by atoms with van der Waals surface area (Å²) < 4.78 is 10.7. The van der Waals surface area contributed by atoms with Gasteiger partial charge in [-0.2, -0.15) is 0 Å². The Kier molecular flexibility index (Phi) is 5.62. The normalized spacial score (nSPS) is 17.4. The number of aliphatic carboxylic acids is 1. The third kappa shape index (κ3) is 4.03. The number of carbonyl (C=O) groups excluding carboxylic acids is 1. The summed E-state index contributed by atoms with van der Waals surface area (Å²) in [5.74, 6) is -0.601. The number of likely N-dealkylation sites (tertiary alicyclic amines) is 1. The molecule has 23 heavy (non-hydrogen) atoms. The number of rotatable bonds is 6. The Morgan fingerprint density at radius 3 is 2.91 bits per heavy atom. The lowest BCUT2D eigenvalue weighted by atomic mass is 9.97. The Morgan fingerprint density at radius 2 is 2.26 bits per heavy atom. The lowest BCUT2D eigenvalue weighted by Crippen LogP contribution is -2.42. The molecule has 1 aliphatic heterocycles. The van der Waals surface area contributed by atoms with Crippen LogP contribution in [0.4, 0.5) is 0 Å². The maximum absolute atomic E-state index is 12.7. The molecule has 124 valence electrons. The maximum atomic E-state index is 12.7. The number of hydrogen-bond acceptors (Lipinski definition) is 4. The Balaban J connectivity index is 2.23. The summed E-state index contributed by atoms with van der Waals surface area (Å²) >= 11 is 0. The number of amides is 1. The van der Waals surface area contributed by atoms with Gasteiger partial charge in [-0.1, -0.05) is 12.7 Å². The molecule has 1 N–H and O–H groups in total. The van der Waals surface area contributed by atoms with E-state index in [0.717, 1.165) is 0 Å². The van der Waals surface area contributed by atoms with Gasteiger partial charge >= 0.3 is 5.97 Å². The minimum absolute atomic E-state index is 0.223. The number of carboxylic acids is 1. The molecule has 1 atom stereocenters. The fourth-order valence-electron chi connectivity index (χ4n) is 2.61. The van der Waals surface area contributed by atoms with Gasteiger partial charge in [-0.3, -0.25) is 9.59 Å². The van der Waals surface area contributed by atoms with Gasteiger partial charge in [0.05, 0.1) is 18.6 Å². The van der Waals surface area contributed by atoms with E-state index < -0.39 is 11.9 Å². The van der Waals surface area contributed by atoms with Crippen molar-refractivity contribution in [2.24, 2.45) is 5.92 Å². The predicted octanol–water partition coefficient (Wildman–Crippen LogP) is 2.20. The molecule has 0 bridgehead atoms. The molecule has 0 aromatic heterocycles. The summed E-state index contributed by atoms with van der Waals surface area (Å²) in [6, 6.07) is 4.98. The fourth-order valence-corrected chi connectivity index (χ4v) is 2.61. The van der Waals surface area contributed by atoms with Gasteiger partial charge in [-0.15, -0.1) is 0 Å². The van der Waals surface area contributed by atoms with Gasteiger partial charge in [0.15, 0.2) is 0 Å². The highest BCUT2D eigenvalue weighted by molar-refractivity contribution is 5.97. The number of carbonyl (C=O) groups is 2. The van der Waals surface area contributed by atoms with Gasteiger partial charge in [-0.05, 0) is 25.0 Å². The van der Waals surface area contributed by atoms with Gasteiger partial charge < -0.3 is 19.5 Å². The van der Waals surface area contributed by atoms with Crippen molar-refractivity contribution in [2.45, 2.75) is 12.8 Å². The molecule has 1 amide bonds. The van der Waals surface area contributed by atoms with E-state index in [9.17, 15) is 9.59 Å². The van der Waals surface area contributed by atoms with Crippen LogP contribution in [-0.2, 0) is 4.79 Å². The summed E-state index contributed by atoms with van der Waals surface area (Å²) in [6.45, 7) is 4.64. The van der Waals surface area contributed by atoms with Crippen molar-refractivity contribution < 1.29 is 24.2 Å². The number of nitrogens with zero attached hydrogens (tertiary/aromatic N) is 1. The predicted molar refractivity (Wildman–Crippen MR) is 84.9 cm³/mol. The molecule has 1 heterocycles. The second-order valence-electron chi connectivity index (χ2n) is 5.39. The molecule has 1 aliphatic rings. The van der Waals surface area contributed by atoms with Gasteiger partial charge in [0, 0.05) is 19.2 Å². The van der Waals surface area contributed by atoms with E-state index in [2.05, 4.69) is 6.58 Å². The van der Waals surface area contributed by atoms with Crippen LogP contribution in [0.2, 0.25) is 0 Å². The van der Waals surface area contributed by atoms with Crippen molar-refractivity contribution in [2.75, 3.05) is 26.8 Å². The molecule has 1 aromatic carbocycles. The average molecular weight is 319 g/mol. The molecular formula is C17H21NO5. The number of hydrogen-bond donors (Lipinski definition) is 1. The summed E-state index contributed by atoms with van der Waals surface area (Å²) in [6.07, 6.45) is 2.87. The zero-order chi connectivity index (χ0) is 16.8. The van der Waals surface area contributed by atoms with Crippen molar-refractivity contribution in [1.29, 1.82) is 0 Å². The number of carboxylic acid groups (broad SMARTS) is 1. The molecule has 6 heteroatoms. The van der Waals surface area contributed by atoms with E-state index in [4.69, 9.17) is 14.6 Å². The van der Waals surface area contributed by atoms with Crippen LogP contribution in [0.25, 0.3) is 0 Å². The Morgan fingerprint density at radius 1 is 1.48 bits per heavy atom. The van der Waals surface area contributed by atoms with E-state index in [1.807, 2.05) is 0 Å². The molecule has 0 aliphatic carbocycles. The van der Waals surface area contributed by atoms with Crippen LogP contribution in [-0.4, -0.2) is 48.7 Å². The van der Waals surface area contributed by atoms with Gasteiger partial charge in [0.25, 0.3) is 5.91 Å². The van der Waals surface area contributed by atoms with Crippen LogP contribution >= 0.6 is 0 Å². The van der Waals surface area contributed by atoms with E-state index in [1.54, 1.807) is 29.2 Å². The lowest BCUT2D eigenvalue weighted by Gasteiger charge is -2.31. The molecule has 0 saturated carbocycles. The fraction of sp³-hybridized carbons (Fsp3) is 0.412. The molecule has 1 unspecified atom stereocenters. The first-order valence-corrected chi connectivity index (χ1v) is 7.50. The van der Waals surface area contributed by atoms with E-state index in [-0.39, 0.29) is 19.1 Å². The van der Waals surface area contributed by atoms with Gasteiger partial charge in [-0.25, -0.2) is 0 Å². The van der Waals surface area contributed by atoms with Crippen LogP contribution in [0.1, 0.15) is 23.2 Å². The molecular weight excluding hydrogens is 298 g/mol. The smallest absolute Gasteiger partial charge is 0.308 e. The molecule has 6 nitrogen and oxygen atoms in total. The second kappa shape index (κ2) is 7.67. The van der Waals surface area contributed by atoms with Crippen molar-refractivity contribution in [1.82, 2.24) is 4.90 Å². The number of ether oxygens (including phenoxy) is 2. The summed E-state index contributed by atoms with van der Waals surface area (Å²) in [7, 11) is 1.54. The zero-order valence-electron chi connectivity index (χ0n) is 13.2. The quantitative estimate of drug-likeness (QED) is 0.814. The van der Waals surface area contributed by atoms with Crippen molar-refractivity contribution >= 4 is 11.9 Å². The third-order valence-corrected chi connectivity index (χ3v) is 3.83. The first-order chi connectivity index (χ1) is 11.1. The molecule has 2 rings (SSSR count).